The molecule has 0 saturated heterocycles. The number of thiophene rings is 1. The van der Waals surface area contributed by atoms with Gasteiger partial charge < -0.3 is 20.1 Å². The van der Waals surface area contributed by atoms with Gasteiger partial charge in [-0.1, -0.05) is 25.1 Å². The van der Waals surface area contributed by atoms with Gasteiger partial charge in [-0.05, 0) is 29.5 Å². The molecular weight excluding hydrogens is 390 g/mol. The van der Waals surface area contributed by atoms with Gasteiger partial charge in [0, 0.05) is 17.8 Å². The lowest BCUT2D eigenvalue weighted by atomic mass is 9.96. The number of para-hydroxylation sites is 1. The average molecular weight is 413 g/mol. The molecule has 29 heavy (non-hydrogen) atoms. The summed E-state index contributed by atoms with van der Waals surface area (Å²) in [5.41, 5.74) is 2.31. The van der Waals surface area contributed by atoms with Gasteiger partial charge in [0.25, 0.3) is 0 Å². The van der Waals surface area contributed by atoms with Crippen LogP contribution in [0.5, 0.6) is 5.75 Å². The molecule has 0 unspecified atom stereocenters. The molecule has 2 aromatic rings. The Balaban J connectivity index is 1.73. The van der Waals surface area contributed by atoms with Crippen LogP contribution in [0, 0.1) is 11.3 Å². The fourth-order valence-corrected chi connectivity index (χ4v) is 4.79. The third-order valence-electron chi connectivity index (χ3n) is 5.07. The van der Waals surface area contributed by atoms with Crippen molar-refractivity contribution in [2.45, 2.75) is 32.2 Å². The Morgan fingerprint density at radius 3 is 2.86 bits per heavy atom. The Bertz CT molecular complexity index is 963. The zero-order chi connectivity index (χ0) is 21.0. The summed E-state index contributed by atoms with van der Waals surface area (Å²) in [6, 6.07) is 9.79. The molecule has 152 valence electrons. The van der Waals surface area contributed by atoms with E-state index in [9.17, 15) is 14.9 Å². The molecule has 3 rings (SSSR count). The number of carbonyl (C=O) groups excluding carboxylic acids is 2. The number of hydrogen-bond acceptors (Lipinski definition) is 6. The lowest BCUT2D eigenvalue weighted by Gasteiger charge is -2.26. The van der Waals surface area contributed by atoms with Crippen LogP contribution >= 0.6 is 11.3 Å². The van der Waals surface area contributed by atoms with Crippen molar-refractivity contribution in [3.63, 3.8) is 0 Å². The van der Waals surface area contributed by atoms with Gasteiger partial charge in [0.2, 0.25) is 11.8 Å². The van der Waals surface area contributed by atoms with Gasteiger partial charge in [-0.15, -0.1) is 11.3 Å². The van der Waals surface area contributed by atoms with Gasteiger partial charge in [0.05, 0.1) is 19.2 Å². The highest BCUT2D eigenvalue weighted by Gasteiger charge is 2.27. The number of methoxy groups -OCH3 is 1. The van der Waals surface area contributed by atoms with Gasteiger partial charge in [-0.2, -0.15) is 5.26 Å². The molecule has 1 aromatic heterocycles. The number of aliphatic hydroxyl groups is 1. The highest BCUT2D eigenvalue weighted by Crippen LogP contribution is 2.37. The maximum absolute atomic E-state index is 12.6. The van der Waals surface area contributed by atoms with E-state index in [4.69, 9.17) is 9.84 Å². The highest BCUT2D eigenvalue weighted by molar-refractivity contribution is 7.16. The Morgan fingerprint density at radius 1 is 1.41 bits per heavy atom. The molecule has 0 bridgehead atoms. The Kier molecular flexibility index (Phi) is 6.52. The molecule has 7 nitrogen and oxygen atoms in total. The molecule has 0 aliphatic carbocycles. The molecule has 1 aliphatic rings. The summed E-state index contributed by atoms with van der Waals surface area (Å²) in [7, 11) is 1.60. The SMILES string of the molecule is COc1ccccc1[C@@H](C)CC(=O)Nc1sc2c(c1C#N)CCN(C(=O)CO)C2. The number of aliphatic hydroxyl groups excluding tert-OH is 1. The summed E-state index contributed by atoms with van der Waals surface area (Å²) in [5.74, 6) is 0.176. The van der Waals surface area contributed by atoms with E-state index in [1.54, 1.807) is 12.0 Å². The van der Waals surface area contributed by atoms with E-state index < -0.39 is 6.61 Å². The van der Waals surface area contributed by atoms with E-state index in [2.05, 4.69) is 11.4 Å². The number of rotatable bonds is 6. The van der Waals surface area contributed by atoms with Crippen molar-refractivity contribution in [1.82, 2.24) is 4.90 Å². The number of benzene rings is 1. The summed E-state index contributed by atoms with van der Waals surface area (Å²) in [6.07, 6.45) is 0.789. The van der Waals surface area contributed by atoms with E-state index in [-0.39, 0.29) is 24.2 Å². The van der Waals surface area contributed by atoms with Gasteiger partial charge >= 0.3 is 0 Å². The topological polar surface area (TPSA) is 103 Å². The number of nitriles is 1. The van der Waals surface area contributed by atoms with E-state index in [1.165, 1.54) is 11.3 Å². The van der Waals surface area contributed by atoms with Crippen molar-refractivity contribution in [2.75, 3.05) is 25.6 Å². The van der Waals surface area contributed by atoms with Gasteiger partial charge in [-0.3, -0.25) is 9.59 Å². The summed E-state index contributed by atoms with van der Waals surface area (Å²) in [5, 5.41) is 22.1. The maximum Gasteiger partial charge on any atom is 0.248 e. The average Bonchev–Trinajstić information content (AvgIpc) is 3.08. The molecular formula is C21H23N3O4S. The van der Waals surface area contributed by atoms with E-state index >= 15 is 0 Å². The molecule has 1 aromatic carbocycles. The first-order valence-electron chi connectivity index (χ1n) is 9.34. The summed E-state index contributed by atoms with van der Waals surface area (Å²) in [4.78, 5) is 26.8. The number of nitrogens with one attached hydrogen (secondary N) is 1. The van der Waals surface area contributed by atoms with Crippen LogP contribution < -0.4 is 10.1 Å². The van der Waals surface area contributed by atoms with Crippen molar-refractivity contribution in [2.24, 2.45) is 0 Å². The van der Waals surface area contributed by atoms with Crippen LogP contribution in [0.2, 0.25) is 0 Å². The van der Waals surface area contributed by atoms with Crippen LogP contribution in [0.25, 0.3) is 0 Å². The Morgan fingerprint density at radius 2 is 2.17 bits per heavy atom. The fourth-order valence-electron chi connectivity index (χ4n) is 3.56. The normalized spacial score (nSPS) is 13.9. The molecule has 2 N–H and O–H groups in total. The van der Waals surface area contributed by atoms with Crippen LogP contribution in [0.4, 0.5) is 5.00 Å². The van der Waals surface area contributed by atoms with Crippen molar-refractivity contribution < 1.29 is 19.4 Å². The quantitative estimate of drug-likeness (QED) is 0.758. The number of ether oxygens (including phenoxy) is 1. The van der Waals surface area contributed by atoms with E-state index in [1.807, 2.05) is 31.2 Å². The van der Waals surface area contributed by atoms with Crippen LogP contribution in [0.15, 0.2) is 24.3 Å². The molecule has 1 atom stereocenters. The molecule has 0 radical (unpaired) electrons. The fraction of sp³-hybridized carbons (Fsp3) is 0.381. The predicted molar refractivity (Wildman–Crippen MR) is 110 cm³/mol. The zero-order valence-electron chi connectivity index (χ0n) is 16.4. The van der Waals surface area contributed by atoms with Crippen LogP contribution in [-0.2, 0) is 22.6 Å². The first kappa shape index (κ1) is 20.8. The number of anilines is 1. The predicted octanol–water partition coefficient (Wildman–Crippen LogP) is 2.64. The van der Waals surface area contributed by atoms with Crippen molar-refractivity contribution in [3.05, 3.63) is 45.8 Å². The largest absolute Gasteiger partial charge is 0.496 e. The maximum atomic E-state index is 12.6. The smallest absolute Gasteiger partial charge is 0.248 e. The summed E-state index contributed by atoms with van der Waals surface area (Å²) >= 11 is 1.32. The number of nitrogens with zero attached hydrogens (tertiary/aromatic N) is 2. The van der Waals surface area contributed by atoms with E-state index in [0.29, 0.717) is 30.1 Å². The lowest BCUT2D eigenvalue weighted by molar-refractivity contribution is -0.135. The Labute approximate surface area is 173 Å². The monoisotopic (exact) mass is 413 g/mol. The van der Waals surface area contributed by atoms with Crippen LogP contribution in [-0.4, -0.2) is 42.1 Å². The standard InChI is InChI=1S/C21H23N3O4S/c1-13(14-5-3-4-6-17(14)28-2)9-19(26)23-21-16(10-22)15-7-8-24(20(27)12-25)11-18(15)29-21/h3-6,13,25H,7-9,11-12H2,1-2H3,(H,23,26)/t13-/m0/s1. The van der Waals surface area contributed by atoms with Gasteiger partial charge in [-0.25, -0.2) is 0 Å². The van der Waals surface area contributed by atoms with Crippen LogP contribution in [0.1, 0.15) is 40.8 Å². The number of fused-ring (bicyclic) bond motifs is 1. The molecule has 0 spiro atoms. The molecule has 8 heteroatoms. The van der Waals surface area contributed by atoms with Crippen molar-refractivity contribution >= 4 is 28.2 Å². The summed E-state index contributed by atoms with van der Waals surface area (Å²) in [6.45, 7) is 2.23. The second-order valence-electron chi connectivity index (χ2n) is 6.94. The molecule has 2 heterocycles. The third-order valence-corrected chi connectivity index (χ3v) is 6.20. The molecule has 2 amide bonds. The van der Waals surface area contributed by atoms with Gasteiger partial charge in [0.1, 0.15) is 23.4 Å². The second-order valence-corrected chi connectivity index (χ2v) is 8.04. The molecule has 1 aliphatic heterocycles. The third kappa shape index (κ3) is 4.42. The zero-order valence-corrected chi connectivity index (χ0v) is 17.2. The lowest BCUT2D eigenvalue weighted by Crippen LogP contribution is -2.37. The number of amides is 2. The number of hydrogen-bond donors (Lipinski definition) is 2. The molecule has 0 fully saturated rings. The van der Waals surface area contributed by atoms with E-state index in [0.717, 1.165) is 21.8 Å². The van der Waals surface area contributed by atoms with Gasteiger partial charge in [0.15, 0.2) is 0 Å². The molecule has 0 saturated carbocycles. The van der Waals surface area contributed by atoms with Crippen molar-refractivity contribution in [3.8, 4) is 11.8 Å². The summed E-state index contributed by atoms with van der Waals surface area (Å²) < 4.78 is 5.37. The second kappa shape index (κ2) is 9.07. The first-order chi connectivity index (χ1) is 14.0. The Hall–Kier alpha value is -2.89. The van der Waals surface area contributed by atoms with Crippen LogP contribution in [0.3, 0.4) is 0 Å². The minimum atomic E-state index is -0.532. The first-order valence-corrected chi connectivity index (χ1v) is 10.2. The highest BCUT2D eigenvalue weighted by atomic mass is 32.1. The number of carbonyl (C=O) groups is 2. The minimum Gasteiger partial charge on any atom is -0.496 e. The minimum absolute atomic E-state index is 0.0519. The van der Waals surface area contributed by atoms with Crippen molar-refractivity contribution in [1.29, 1.82) is 5.26 Å².